The second-order valence-electron chi connectivity index (χ2n) is 6.70. The lowest BCUT2D eigenvalue weighted by Crippen LogP contribution is -2.36. The number of carbonyl (C=O) groups is 1. The summed E-state index contributed by atoms with van der Waals surface area (Å²) in [6.07, 6.45) is 0. The Morgan fingerprint density at radius 2 is 1.74 bits per heavy atom. The largest absolute Gasteiger partial charge is 0.378 e. The Labute approximate surface area is 169 Å². The van der Waals surface area contributed by atoms with Crippen LogP contribution in [0.5, 0.6) is 0 Å². The van der Waals surface area contributed by atoms with Crippen LogP contribution in [0.15, 0.2) is 36.4 Å². The molecule has 0 heterocycles. The molecule has 1 N–H and O–H groups in total. The molecule has 0 radical (unpaired) electrons. The van der Waals surface area contributed by atoms with Crippen LogP contribution in [0.4, 0.5) is 10.1 Å². The fourth-order valence-corrected chi connectivity index (χ4v) is 3.16. The molecule has 2 aromatic carbocycles. The Hall–Kier alpha value is -1.82. The topological polar surface area (TPSA) is 35.6 Å². The first-order valence-electron chi connectivity index (χ1n) is 8.57. The zero-order valence-electron chi connectivity index (χ0n) is 15.9. The van der Waals surface area contributed by atoms with Gasteiger partial charge in [0.25, 0.3) is 0 Å². The number of halogens is 3. The molecule has 4 nitrogen and oxygen atoms in total. The number of amides is 1. The van der Waals surface area contributed by atoms with Gasteiger partial charge in [-0.2, -0.15) is 0 Å². The minimum Gasteiger partial charge on any atom is -0.378 e. The molecule has 1 amide bonds. The summed E-state index contributed by atoms with van der Waals surface area (Å²) in [4.78, 5) is 16.1. The van der Waals surface area contributed by atoms with Crippen LogP contribution < -0.4 is 10.2 Å². The molecule has 7 heteroatoms. The van der Waals surface area contributed by atoms with Gasteiger partial charge in [0.2, 0.25) is 5.91 Å². The van der Waals surface area contributed by atoms with Gasteiger partial charge < -0.3 is 15.1 Å². The average molecular weight is 412 g/mol. The molecule has 2 aromatic rings. The minimum atomic E-state index is -0.533. The molecule has 27 heavy (non-hydrogen) atoms. The molecule has 0 saturated heterocycles. The Morgan fingerprint density at radius 3 is 2.33 bits per heavy atom. The SMILES string of the molecule is C[C@H](NCC(=O)N(C)Cc1ccc(N(C)C)cc1)c1cc(F)c(Cl)cc1Cl. The third kappa shape index (κ3) is 5.83. The summed E-state index contributed by atoms with van der Waals surface area (Å²) >= 11 is 11.8. The highest BCUT2D eigenvalue weighted by atomic mass is 35.5. The van der Waals surface area contributed by atoms with E-state index in [1.54, 1.807) is 11.9 Å². The van der Waals surface area contributed by atoms with Crippen LogP contribution in [0, 0.1) is 5.82 Å². The van der Waals surface area contributed by atoms with E-state index in [0.29, 0.717) is 17.1 Å². The van der Waals surface area contributed by atoms with Crippen molar-refractivity contribution in [2.24, 2.45) is 0 Å². The molecule has 0 saturated carbocycles. The molecule has 0 unspecified atom stereocenters. The number of benzene rings is 2. The smallest absolute Gasteiger partial charge is 0.236 e. The number of hydrogen-bond donors (Lipinski definition) is 1. The van der Waals surface area contributed by atoms with E-state index in [9.17, 15) is 9.18 Å². The zero-order valence-corrected chi connectivity index (χ0v) is 17.4. The summed E-state index contributed by atoms with van der Waals surface area (Å²) in [6, 6.07) is 10.4. The molecule has 2 rings (SSSR count). The van der Waals surface area contributed by atoms with Gasteiger partial charge in [0.05, 0.1) is 11.6 Å². The van der Waals surface area contributed by atoms with Gasteiger partial charge in [-0.05, 0) is 42.3 Å². The molecule has 0 spiro atoms. The van der Waals surface area contributed by atoms with E-state index >= 15 is 0 Å². The van der Waals surface area contributed by atoms with Crippen LogP contribution in [-0.4, -0.2) is 38.5 Å². The third-order valence-electron chi connectivity index (χ3n) is 4.36. The fraction of sp³-hybridized carbons (Fsp3) is 0.350. The van der Waals surface area contributed by atoms with Gasteiger partial charge in [-0.3, -0.25) is 4.79 Å². The van der Waals surface area contributed by atoms with Gasteiger partial charge in [0, 0.05) is 44.4 Å². The monoisotopic (exact) mass is 411 g/mol. The number of anilines is 1. The van der Waals surface area contributed by atoms with Crippen LogP contribution in [-0.2, 0) is 11.3 Å². The molecule has 0 aliphatic heterocycles. The van der Waals surface area contributed by atoms with Crippen molar-refractivity contribution < 1.29 is 9.18 Å². The summed E-state index contributed by atoms with van der Waals surface area (Å²) in [5, 5.41) is 3.43. The van der Waals surface area contributed by atoms with Crippen LogP contribution in [0.3, 0.4) is 0 Å². The molecular weight excluding hydrogens is 388 g/mol. The predicted molar refractivity (Wildman–Crippen MR) is 110 cm³/mol. The molecule has 0 aliphatic rings. The molecule has 0 aromatic heterocycles. The lowest BCUT2D eigenvalue weighted by Gasteiger charge is -2.21. The number of rotatable bonds is 7. The van der Waals surface area contributed by atoms with Crippen LogP contribution in [0.2, 0.25) is 10.0 Å². The van der Waals surface area contributed by atoms with Crippen molar-refractivity contribution in [3.8, 4) is 0 Å². The molecule has 0 bridgehead atoms. The van der Waals surface area contributed by atoms with Crippen LogP contribution >= 0.6 is 23.2 Å². The normalized spacial score (nSPS) is 12.0. The first-order chi connectivity index (χ1) is 12.7. The van der Waals surface area contributed by atoms with Crippen molar-refractivity contribution in [1.29, 1.82) is 0 Å². The second kappa shape index (κ2) is 9.40. The summed E-state index contributed by atoms with van der Waals surface area (Å²) in [6.45, 7) is 2.45. The van der Waals surface area contributed by atoms with Crippen molar-refractivity contribution in [3.05, 3.63) is 63.4 Å². The van der Waals surface area contributed by atoms with Gasteiger partial charge in [-0.1, -0.05) is 35.3 Å². The van der Waals surface area contributed by atoms with Crippen molar-refractivity contribution in [1.82, 2.24) is 10.2 Å². The van der Waals surface area contributed by atoms with E-state index in [1.165, 1.54) is 12.1 Å². The van der Waals surface area contributed by atoms with Gasteiger partial charge in [0.1, 0.15) is 5.82 Å². The number of nitrogens with zero attached hydrogens (tertiary/aromatic N) is 2. The first-order valence-corrected chi connectivity index (χ1v) is 9.32. The van der Waals surface area contributed by atoms with Crippen LogP contribution in [0.1, 0.15) is 24.1 Å². The average Bonchev–Trinajstić information content (AvgIpc) is 2.62. The Kier molecular flexibility index (Phi) is 7.48. The third-order valence-corrected chi connectivity index (χ3v) is 4.98. The minimum absolute atomic E-state index is 0.0213. The Balaban J connectivity index is 1.91. The highest BCUT2D eigenvalue weighted by Gasteiger charge is 2.16. The molecular formula is C20H24Cl2FN3O. The molecule has 146 valence electrons. The maximum Gasteiger partial charge on any atom is 0.236 e. The van der Waals surface area contributed by atoms with E-state index in [4.69, 9.17) is 23.2 Å². The zero-order chi connectivity index (χ0) is 20.1. The van der Waals surface area contributed by atoms with Crippen LogP contribution in [0.25, 0.3) is 0 Å². The van der Waals surface area contributed by atoms with E-state index < -0.39 is 5.82 Å². The fourth-order valence-electron chi connectivity index (χ4n) is 2.62. The number of carbonyl (C=O) groups excluding carboxylic acids is 1. The summed E-state index contributed by atoms with van der Waals surface area (Å²) in [5.74, 6) is -0.599. The van der Waals surface area contributed by atoms with Crippen molar-refractivity contribution in [2.45, 2.75) is 19.5 Å². The highest BCUT2D eigenvalue weighted by molar-refractivity contribution is 6.35. The summed E-state index contributed by atoms with van der Waals surface area (Å²) < 4.78 is 13.7. The number of nitrogens with one attached hydrogen (secondary N) is 1. The lowest BCUT2D eigenvalue weighted by molar-refractivity contribution is -0.129. The molecule has 0 fully saturated rings. The molecule has 1 atom stereocenters. The standard InChI is InChI=1S/C20H24Cl2FN3O/c1-13(16-9-19(23)18(22)10-17(16)21)24-11-20(27)26(4)12-14-5-7-15(8-6-14)25(2)3/h5-10,13,24H,11-12H2,1-4H3/t13-/m0/s1. The van der Waals surface area contributed by atoms with Gasteiger partial charge in [-0.25, -0.2) is 4.39 Å². The molecule has 0 aliphatic carbocycles. The van der Waals surface area contributed by atoms with Crippen molar-refractivity contribution in [2.75, 3.05) is 32.6 Å². The Bertz CT molecular complexity index is 797. The van der Waals surface area contributed by atoms with Gasteiger partial charge >= 0.3 is 0 Å². The maximum absolute atomic E-state index is 13.7. The van der Waals surface area contributed by atoms with Crippen molar-refractivity contribution in [3.63, 3.8) is 0 Å². The van der Waals surface area contributed by atoms with Crippen molar-refractivity contribution >= 4 is 34.8 Å². The van der Waals surface area contributed by atoms with E-state index in [0.717, 1.165) is 11.3 Å². The van der Waals surface area contributed by atoms with E-state index in [-0.39, 0.29) is 23.5 Å². The summed E-state index contributed by atoms with van der Waals surface area (Å²) in [5.41, 5.74) is 2.72. The Morgan fingerprint density at radius 1 is 1.11 bits per heavy atom. The quantitative estimate of drug-likeness (QED) is 0.680. The van der Waals surface area contributed by atoms with Gasteiger partial charge in [-0.15, -0.1) is 0 Å². The number of likely N-dealkylation sites (N-methyl/N-ethyl adjacent to an activating group) is 1. The highest BCUT2D eigenvalue weighted by Crippen LogP contribution is 2.28. The lowest BCUT2D eigenvalue weighted by atomic mass is 10.1. The first kappa shape index (κ1) is 21.5. The maximum atomic E-state index is 13.7. The van der Waals surface area contributed by atoms with Gasteiger partial charge in [0.15, 0.2) is 0 Å². The summed E-state index contributed by atoms with van der Waals surface area (Å²) in [7, 11) is 5.72. The van der Waals surface area contributed by atoms with E-state index in [2.05, 4.69) is 5.32 Å². The predicted octanol–water partition coefficient (Wildman–Crippen LogP) is 4.51. The van der Waals surface area contributed by atoms with E-state index in [1.807, 2.05) is 50.2 Å². The number of hydrogen-bond acceptors (Lipinski definition) is 3. The second-order valence-corrected chi connectivity index (χ2v) is 7.52.